The second-order valence-electron chi connectivity index (χ2n) is 8.48. The zero-order valence-corrected chi connectivity index (χ0v) is 19.0. The Kier molecular flexibility index (Phi) is 5.98. The monoisotopic (exact) mass is 466 g/mol. The molecule has 1 amide bonds. The Hall–Kier alpha value is -3.41. The summed E-state index contributed by atoms with van der Waals surface area (Å²) in [4.78, 5) is 27.5. The highest BCUT2D eigenvalue weighted by atomic mass is 16.5. The zero-order chi connectivity index (χ0) is 23.7. The van der Waals surface area contributed by atoms with Crippen molar-refractivity contribution in [1.82, 2.24) is 25.0 Å². The summed E-state index contributed by atoms with van der Waals surface area (Å²) in [6, 6.07) is 8.84. The van der Waals surface area contributed by atoms with Gasteiger partial charge in [0.25, 0.3) is 5.91 Å². The third-order valence-electron chi connectivity index (χ3n) is 6.28. The molecule has 3 aromatic rings. The van der Waals surface area contributed by atoms with Crippen molar-refractivity contribution in [2.45, 2.75) is 30.6 Å². The molecule has 2 N–H and O–H groups in total. The Labute approximate surface area is 196 Å². The molecule has 3 atom stereocenters. The fraction of sp³-hybridized carbons (Fsp3) is 0.435. The van der Waals surface area contributed by atoms with E-state index in [2.05, 4.69) is 25.4 Å². The van der Waals surface area contributed by atoms with Crippen LogP contribution in [0.1, 0.15) is 18.6 Å². The smallest absolute Gasteiger partial charge is 0.262 e. The number of pyridine rings is 1. The van der Waals surface area contributed by atoms with Crippen LogP contribution in [0.5, 0.6) is 0 Å². The van der Waals surface area contributed by atoms with Gasteiger partial charge in [-0.3, -0.25) is 4.79 Å². The van der Waals surface area contributed by atoms with Crippen molar-refractivity contribution >= 4 is 11.9 Å². The molecular weight excluding hydrogens is 440 g/mol. The van der Waals surface area contributed by atoms with Crippen LogP contribution in [0.15, 0.2) is 41.1 Å². The number of rotatable bonds is 6. The summed E-state index contributed by atoms with van der Waals surface area (Å²) in [6.07, 6.45) is 2.63. The number of methoxy groups -OCH3 is 1. The molecule has 34 heavy (non-hydrogen) atoms. The maximum absolute atomic E-state index is 12.4. The highest BCUT2D eigenvalue weighted by Crippen LogP contribution is 2.34. The lowest BCUT2D eigenvalue weighted by molar-refractivity contribution is -0.144. The maximum atomic E-state index is 12.4. The van der Waals surface area contributed by atoms with E-state index in [0.29, 0.717) is 48.5 Å². The van der Waals surface area contributed by atoms with Gasteiger partial charge in [-0.05, 0) is 24.6 Å². The number of aliphatic hydroxyl groups is 1. The number of aromatic nitrogens is 4. The molecule has 2 fully saturated rings. The van der Waals surface area contributed by atoms with Gasteiger partial charge in [0.15, 0.2) is 5.76 Å². The van der Waals surface area contributed by atoms with E-state index in [1.807, 2.05) is 12.1 Å². The summed E-state index contributed by atoms with van der Waals surface area (Å²) in [5.74, 6) is 0.188. The number of ether oxygens (including phenoxy) is 2. The fourth-order valence-corrected chi connectivity index (χ4v) is 4.24. The van der Waals surface area contributed by atoms with E-state index in [0.717, 1.165) is 6.42 Å². The Bertz CT molecular complexity index is 1190. The number of nitrogens with zero attached hydrogens (tertiary/aromatic N) is 5. The van der Waals surface area contributed by atoms with Crippen molar-refractivity contribution in [2.24, 2.45) is 0 Å². The Balaban J connectivity index is 1.38. The number of carbonyl (C=O) groups is 1. The number of likely N-dealkylation sites (tertiary alicyclic amines) is 1. The molecule has 0 saturated carbocycles. The number of nitrogens with one attached hydrogen (secondary N) is 1. The molecule has 3 aromatic heterocycles. The molecule has 0 spiro atoms. The van der Waals surface area contributed by atoms with Gasteiger partial charge in [0, 0.05) is 46.0 Å². The number of likely N-dealkylation sites (N-methyl/N-ethyl adjacent to an activating group) is 1. The maximum Gasteiger partial charge on any atom is 0.262 e. The van der Waals surface area contributed by atoms with Gasteiger partial charge in [-0.15, -0.1) is 0 Å². The van der Waals surface area contributed by atoms with Crippen molar-refractivity contribution in [1.29, 1.82) is 0 Å². The first kappa shape index (κ1) is 22.4. The Morgan fingerprint density at radius 1 is 1.21 bits per heavy atom. The van der Waals surface area contributed by atoms with E-state index in [9.17, 15) is 9.90 Å². The highest BCUT2D eigenvalue weighted by molar-refractivity contribution is 5.87. The molecule has 3 unspecified atom stereocenters. The van der Waals surface area contributed by atoms with Crippen LogP contribution in [-0.2, 0) is 19.9 Å². The minimum absolute atomic E-state index is 0.0463. The van der Waals surface area contributed by atoms with E-state index in [1.165, 1.54) is 4.90 Å². The lowest BCUT2D eigenvalue weighted by Gasteiger charge is -2.30. The number of carbonyl (C=O) groups excluding carboxylic acids is 1. The molecule has 11 heteroatoms. The molecule has 0 bridgehead atoms. The number of amides is 1. The van der Waals surface area contributed by atoms with E-state index < -0.39 is 11.5 Å². The minimum atomic E-state index is -1.70. The van der Waals surface area contributed by atoms with E-state index in [-0.39, 0.29) is 24.3 Å². The largest absolute Gasteiger partial charge is 0.379 e. The Morgan fingerprint density at radius 3 is 2.76 bits per heavy atom. The molecule has 178 valence electrons. The molecule has 0 aromatic carbocycles. The minimum Gasteiger partial charge on any atom is -0.379 e. The van der Waals surface area contributed by atoms with E-state index >= 15 is 0 Å². The van der Waals surface area contributed by atoms with Gasteiger partial charge < -0.3 is 29.3 Å². The van der Waals surface area contributed by atoms with Gasteiger partial charge in [-0.1, -0.05) is 11.2 Å². The predicted molar refractivity (Wildman–Crippen MR) is 121 cm³/mol. The molecule has 2 aliphatic rings. The predicted octanol–water partition coefficient (Wildman–Crippen LogP) is 1.46. The van der Waals surface area contributed by atoms with Gasteiger partial charge in [0.2, 0.25) is 11.5 Å². The average Bonchev–Trinajstić information content (AvgIpc) is 3.47. The lowest BCUT2D eigenvalue weighted by atomic mass is 9.98. The zero-order valence-electron chi connectivity index (χ0n) is 19.0. The van der Waals surface area contributed by atoms with Gasteiger partial charge in [-0.2, -0.15) is 0 Å². The fourth-order valence-electron chi connectivity index (χ4n) is 4.24. The summed E-state index contributed by atoms with van der Waals surface area (Å²) in [5.41, 5.74) is 0.514. The van der Waals surface area contributed by atoms with Crippen LogP contribution in [0.2, 0.25) is 0 Å². The summed E-state index contributed by atoms with van der Waals surface area (Å²) in [6.45, 7) is 1.62. The number of anilines is 1. The molecule has 0 aliphatic carbocycles. The first-order valence-corrected chi connectivity index (χ1v) is 11.1. The van der Waals surface area contributed by atoms with E-state index in [4.69, 9.17) is 14.0 Å². The molecule has 2 aliphatic heterocycles. The van der Waals surface area contributed by atoms with Crippen LogP contribution in [0.4, 0.5) is 5.95 Å². The lowest BCUT2D eigenvalue weighted by Crippen LogP contribution is -2.43. The third kappa shape index (κ3) is 4.13. The summed E-state index contributed by atoms with van der Waals surface area (Å²) < 4.78 is 16.3. The van der Waals surface area contributed by atoms with Crippen LogP contribution in [-0.4, -0.2) is 82.1 Å². The van der Waals surface area contributed by atoms with Crippen molar-refractivity contribution < 1.29 is 23.9 Å². The SMILES string of the molecule is COC1COCCC1Nc1nccc(-c2cccc(-c3cc(C4(O)CCN(C)C4=O)on3)n2)n1. The quantitative estimate of drug-likeness (QED) is 0.549. The van der Waals surface area contributed by atoms with Gasteiger partial charge in [0.05, 0.1) is 29.7 Å². The van der Waals surface area contributed by atoms with Crippen molar-refractivity contribution in [2.75, 3.05) is 39.2 Å². The molecular formula is C23H26N6O5. The molecule has 0 radical (unpaired) electrons. The first-order chi connectivity index (χ1) is 16.5. The van der Waals surface area contributed by atoms with Crippen molar-refractivity contribution in [3.8, 4) is 22.8 Å². The molecule has 5 heterocycles. The topological polar surface area (TPSA) is 136 Å². The number of hydrogen-bond donors (Lipinski definition) is 2. The molecule has 2 saturated heterocycles. The second-order valence-corrected chi connectivity index (χ2v) is 8.48. The van der Waals surface area contributed by atoms with Crippen LogP contribution < -0.4 is 5.32 Å². The summed E-state index contributed by atoms with van der Waals surface area (Å²) >= 11 is 0. The van der Waals surface area contributed by atoms with Crippen LogP contribution in [0.25, 0.3) is 22.8 Å². The number of hydrogen-bond acceptors (Lipinski definition) is 10. The second kappa shape index (κ2) is 9.09. The van der Waals surface area contributed by atoms with Gasteiger partial charge >= 0.3 is 0 Å². The van der Waals surface area contributed by atoms with E-state index in [1.54, 1.807) is 38.6 Å². The van der Waals surface area contributed by atoms with Gasteiger partial charge in [-0.25, -0.2) is 15.0 Å². The van der Waals surface area contributed by atoms with Crippen LogP contribution >= 0.6 is 0 Å². The molecule has 11 nitrogen and oxygen atoms in total. The van der Waals surface area contributed by atoms with Crippen molar-refractivity contribution in [3.05, 3.63) is 42.3 Å². The average molecular weight is 466 g/mol. The van der Waals surface area contributed by atoms with Crippen LogP contribution in [0.3, 0.4) is 0 Å². The van der Waals surface area contributed by atoms with Crippen LogP contribution in [0, 0.1) is 0 Å². The first-order valence-electron chi connectivity index (χ1n) is 11.1. The Morgan fingerprint density at radius 2 is 2.00 bits per heavy atom. The molecule has 5 rings (SSSR count). The van der Waals surface area contributed by atoms with Gasteiger partial charge in [0.1, 0.15) is 11.8 Å². The summed E-state index contributed by atoms with van der Waals surface area (Å²) in [5, 5.41) is 18.2. The highest BCUT2D eigenvalue weighted by Gasteiger charge is 2.48. The standard InChI is InChI=1S/C23H26N6O5/c1-29-10-8-23(31,21(29)30)20-12-18(28-34-20)15-5-3-4-14(25-15)16-6-9-24-22(26-16)27-17-7-11-33-13-19(17)32-2/h3-6,9,12,17,19,31H,7-8,10-11,13H2,1-2H3,(H,24,26,27). The third-order valence-corrected chi connectivity index (χ3v) is 6.28. The summed E-state index contributed by atoms with van der Waals surface area (Å²) in [7, 11) is 3.31. The van der Waals surface area contributed by atoms with Crippen molar-refractivity contribution in [3.63, 3.8) is 0 Å². The normalized spacial score (nSPS) is 25.0.